The summed E-state index contributed by atoms with van der Waals surface area (Å²) in [5, 5.41) is 8.55. The van der Waals surface area contributed by atoms with E-state index >= 15 is 0 Å². The number of Topliss-reactive ketones (excluding diaryl/α,β-unsaturated/α-hetero) is 2. The van der Waals surface area contributed by atoms with E-state index in [-0.39, 0.29) is 18.0 Å². The first-order valence-electron chi connectivity index (χ1n) is 10.9. The maximum Gasteiger partial charge on any atom is 0.303 e. The van der Waals surface area contributed by atoms with Crippen LogP contribution in [0.5, 0.6) is 0 Å². The highest BCUT2D eigenvalue weighted by atomic mass is 16.4. The second-order valence-corrected chi connectivity index (χ2v) is 7.44. The van der Waals surface area contributed by atoms with Gasteiger partial charge in [0.2, 0.25) is 0 Å². The Labute approximate surface area is 160 Å². The number of ketones is 2. The minimum absolute atomic E-state index is 0.169. The van der Waals surface area contributed by atoms with Crippen LogP contribution in [0.15, 0.2) is 0 Å². The van der Waals surface area contributed by atoms with Crippen LogP contribution in [0.4, 0.5) is 0 Å². The SMILES string of the molecule is CCCCCCCCCC(=O)C(=O)CCCCCCCCCCC(=O)O. The molecule has 0 atom stereocenters. The fraction of sp³-hybridized carbons (Fsp3) is 0.864. The predicted molar refractivity (Wildman–Crippen MR) is 106 cm³/mol. The standard InChI is InChI=1S/C22H40O4/c1-2-3-4-5-8-11-14-17-20(23)21(24)18-15-12-9-6-7-10-13-16-19-22(25)26/h2-19H2,1H3,(H,25,26). The molecule has 0 aromatic rings. The Kier molecular flexibility index (Phi) is 17.7. The van der Waals surface area contributed by atoms with Crippen molar-refractivity contribution in [2.24, 2.45) is 0 Å². The quantitative estimate of drug-likeness (QED) is 0.204. The molecule has 0 aliphatic rings. The van der Waals surface area contributed by atoms with Crippen LogP contribution in [-0.2, 0) is 14.4 Å². The predicted octanol–water partition coefficient (Wildman–Crippen LogP) is 6.25. The van der Waals surface area contributed by atoms with Gasteiger partial charge in [-0.25, -0.2) is 0 Å². The average Bonchev–Trinajstić information content (AvgIpc) is 2.61. The Balaban J connectivity index is 3.36. The van der Waals surface area contributed by atoms with Crippen LogP contribution in [0.1, 0.15) is 122 Å². The van der Waals surface area contributed by atoms with E-state index < -0.39 is 5.97 Å². The Morgan fingerprint density at radius 3 is 1.15 bits per heavy atom. The molecule has 0 radical (unpaired) electrons. The van der Waals surface area contributed by atoms with Crippen LogP contribution in [0, 0.1) is 0 Å². The lowest BCUT2D eigenvalue weighted by molar-refractivity contribution is -0.137. The smallest absolute Gasteiger partial charge is 0.303 e. The lowest BCUT2D eigenvalue weighted by Gasteiger charge is -2.03. The molecule has 0 rings (SSSR count). The minimum Gasteiger partial charge on any atom is -0.481 e. The summed E-state index contributed by atoms with van der Waals surface area (Å²) in [5.74, 6) is -1.06. The molecule has 0 fully saturated rings. The first-order valence-corrected chi connectivity index (χ1v) is 10.9. The lowest BCUT2D eigenvalue weighted by atomic mass is 10.0. The number of carboxylic acids is 1. The van der Waals surface area contributed by atoms with Crippen molar-refractivity contribution in [2.45, 2.75) is 122 Å². The molecule has 4 nitrogen and oxygen atoms in total. The van der Waals surface area contributed by atoms with E-state index in [2.05, 4.69) is 6.92 Å². The summed E-state index contributed by atoms with van der Waals surface area (Å²) in [5.41, 5.74) is 0. The summed E-state index contributed by atoms with van der Waals surface area (Å²) in [4.78, 5) is 34.0. The maximum absolute atomic E-state index is 11.8. The summed E-state index contributed by atoms with van der Waals surface area (Å²) in [6.45, 7) is 2.20. The number of carbonyl (C=O) groups is 3. The van der Waals surface area contributed by atoms with Gasteiger partial charge in [0.05, 0.1) is 0 Å². The molecule has 1 N–H and O–H groups in total. The van der Waals surface area contributed by atoms with Gasteiger partial charge in [0.1, 0.15) is 0 Å². The summed E-state index contributed by atoms with van der Waals surface area (Å²) < 4.78 is 0. The zero-order chi connectivity index (χ0) is 19.5. The third-order valence-electron chi connectivity index (χ3n) is 4.86. The van der Waals surface area contributed by atoms with Gasteiger partial charge >= 0.3 is 5.97 Å². The molecule has 152 valence electrons. The number of unbranched alkanes of at least 4 members (excludes halogenated alkanes) is 13. The molecule has 0 spiro atoms. The van der Waals surface area contributed by atoms with Crippen molar-refractivity contribution >= 4 is 17.5 Å². The van der Waals surface area contributed by atoms with Crippen molar-refractivity contribution in [1.82, 2.24) is 0 Å². The normalized spacial score (nSPS) is 10.8. The maximum atomic E-state index is 11.8. The fourth-order valence-corrected chi connectivity index (χ4v) is 3.14. The molecule has 0 saturated carbocycles. The van der Waals surface area contributed by atoms with Crippen LogP contribution >= 0.6 is 0 Å². The van der Waals surface area contributed by atoms with Crippen LogP contribution in [0.25, 0.3) is 0 Å². The molecule has 26 heavy (non-hydrogen) atoms. The second kappa shape index (κ2) is 18.6. The van der Waals surface area contributed by atoms with E-state index in [1.165, 1.54) is 32.1 Å². The molecular formula is C22H40O4. The molecule has 0 aliphatic carbocycles. The van der Waals surface area contributed by atoms with Gasteiger partial charge in [0.15, 0.2) is 11.6 Å². The molecule has 0 aromatic carbocycles. The number of aliphatic carboxylic acids is 1. The van der Waals surface area contributed by atoms with Crippen LogP contribution < -0.4 is 0 Å². The fourth-order valence-electron chi connectivity index (χ4n) is 3.14. The van der Waals surface area contributed by atoms with Crippen molar-refractivity contribution in [2.75, 3.05) is 0 Å². The zero-order valence-electron chi connectivity index (χ0n) is 16.9. The van der Waals surface area contributed by atoms with Gasteiger partial charge in [0.25, 0.3) is 0 Å². The summed E-state index contributed by atoms with van der Waals surface area (Å²) in [7, 11) is 0. The van der Waals surface area contributed by atoms with Crippen LogP contribution in [0.2, 0.25) is 0 Å². The molecule has 4 heteroatoms. The molecule has 0 unspecified atom stereocenters. The number of carbonyl (C=O) groups excluding carboxylic acids is 2. The average molecular weight is 369 g/mol. The van der Waals surface area contributed by atoms with Gasteiger partial charge < -0.3 is 5.11 Å². The highest BCUT2D eigenvalue weighted by Crippen LogP contribution is 2.12. The van der Waals surface area contributed by atoms with Gasteiger partial charge in [-0.2, -0.15) is 0 Å². The van der Waals surface area contributed by atoms with E-state index in [1.54, 1.807) is 0 Å². The summed E-state index contributed by atoms with van der Waals surface area (Å²) >= 11 is 0. The van der Waals surface area contributed by atoms with E-state index in [0.29, 0.717) is 12.8 Å². The summed E-state index contributed by atoms with van der Waals surface area (Å²) in [6, 6.07) is 0. The third-order valence-corrected chi connectivity index (χ3v) is 4.86. The molecular weight excluding hydrogens is 328 g/mol. The van der Waals surface area contributed by atoms with Crippen molar-refractivity contribution < 1.29 is 19.5 Å². The first-order chi connectivity index (χ1) is 12.6. The largest absolute Gasteiger partial charge is 0.481 e. The monoisotopic (exact) mass is 368 g/mol. The van der Waals surface area contributed by atoms with Gasteiger partial charge in [-0.3, -0.25) is 14.4 Å². The van der Waals surface area contributed by atoms with Crippen molar-refractivity contribution in [3.05, 3.63) is 0 Å². The first kappa shape index (κ1) is 24.8. The van der Waals surface area contributed by atoms with Crippen LogP contribution in [0.3, 0.4) is 0 Å². The van der Waals surface area contributed by atoms with E-state index in [4.69, 9.17) is 5.11 Å². The van der Waals surface area contributed by atoms with Gasteiger partial charge in [-0.05, 0) is 19.3 Å². The second-order valence-electron chi connectivity index (χ2n) is 7.44. The Hall–Kier alpha value is -1.19. The van der Waals surface area contributed by atoms with Crippen molar-refractivity contribution in [3.63, 3.8) is 0 Å². The molecule has 0 aromatic heterocycles. The van der Waals surface area contributed by atoms with Crippen molar-refractivity contribution in [1.29, 1.82) is 0 Å². The molecule has 0 aliphatic heterocycles. The van der Waals surface area contributed by atoms with Crippen molar-refractivity contribution in [3.8, 4) is 0 Å². The Morgan fingerprint density at radius 2 is 0.808 bits per heavy atom. The number of hydrogen-bond acceptors (Lipinski definition) is 3. The number of hydrogen-bond donors (Lipinski definition) is 1. The zero-order valence-corrected chi connectivity index (χ0v) is 16.9. The molecule has 0 heterocycles. The topological polar surface area (TPSA) is 71.4 Å². The molecule has 0 saturated heterocycles. The van der Waals surface area contributed by atoms with E-state index in [1.807, 2.05) is 0 Å². The van der Waals surface area contributed by atoms with Gasteiger partial charge in [0, 0.05) is 19.3 Å². The van der Waals surface area contributed by atoms with E-state index in [9.17, 15) is 14.4 Å². The lowest BCUT2D eigenvalue weighted by Crippen LogP contribution is -2.13. The summed E-state index contributed by atoms with van der Waals surface area (Å²) in [6.07, 6.45) is 17.3. The van der Waals surface area contributed by atoms with Gasteiger partial charge in [-0.1, -0.05) is 84.0 Å². The number of carboxylic acid groups (broad SMARTS) is 1. The Morgan fingerprint density at radius 1 is 0.500 bits per heavy atom. The molecule has 0 bridgehead atoms. The van der Waals surface area contributed by atoms with Gasteiger partial charge in [-0.15, -0.1) is 0 Å². The minimum atomic E-state index is -0.712. The highest BCUT2D eigenvalue weighted by molar-refractivity contribution is 6.37. The third kappa shape index (κ3) is 17.6. The van der Waals surface area contributed by atoms with E-state index in [0.717, 1.165) is 64.2 Å². The highest BCUT2D eigenvalue weighted by Gasteiger charge is 2.12. The number of rotatable bonds is 20. The van der Waals surface area contributed by atoms with Crippen LogP contribution in [-0.4, -0.2) is 22.6 Å². The molecule has 0 amide bonds. The Bertz CT molecular complexity index is 376.